The van der Waals surface area contributed by atoms with E-state index in [1.165, 1.54) is 0 Å². The number of nitrogens with two attached hydrogens (primary N) is 1. The lowest BCUT2D eigenvalue weighted by Crippen LogP contribution is -2.47. The van der Waals surface area contributed by atoms with E-state index in [4.69, 9.17) is 10.5 Å². The van der Waals surface area contributed by atoms with Crippen molar-refractivity contribution in [3.05, 3.63) is 33.1 Å². The van der Waals surface area contributed by atoms with Gasteiger partial charge in [-0.05, 0) is 26.7 Å². The van der Waals surface area contributed by atoms with E-state index in [1.807, 2.05) is 0 Å². The van der Waals surface area contributed by atoms with Crippen LogP contribution in [0.4, 0.5) is 5.69 Å². The van der Waals surface area contributed by atoms with Gasteiger partial charge in [0.25, 0.3) is 5.69 Å². The molecule has 0 atom stereocenters. The topological polar surface area (TPSA) is 91.3 Å². The van der Waals surface area contributed by atoms with Crippen LogP contribution in [0.2, 0.25) is 0 Å². The van der Waals surface area contributed by atoms with Gasteiger partial charge in [-0.1, -0.05) is 0 Å². The quantitative estimate of drug-likeness (QED) is 0.663. The third-order valence-corrected chi connectivity index (χ3v) is 3.77. The average molecular weight is 265 g/mol. The van der Waals surface area contributed by atoms with Crippen LogP contribution in [-0.4, -0.2) is 28.7 Å². The van der Waals surface area contributed by atoms with Crippen LogP contribution in [0.25, 0.3) is 0 Å². The summed E-state index contributed by atoms with van der Waals surface area (Å²) in [5.41, 5.74) is 8.06. The molecular weight excluding hydrogens is 246 g/mol. The minimum absolute atomic E-state index is 0.153. The summed E-state index contributed by atoms with van der Waals surface area (Å²) < 4.78 is 5.31. The summed E-state index contributed by atoms with van der Waals surface area (Å²) in [4.78, 5) is 15.1. The summed E-state index contributed by atoms with van der Waals surface area (Å²) in [7, 11) is 0. The molecule has 0 bridgehead atoms. The lowest BCUT2D eigenvalue weighted by Gasteiger charge is -2.33. The van der Waals surface area contributed by atoms with Gasteiger partial charge in [0.2, 0.25) is 0 Å². The molecule has 0 radical (unpaired) electrons. The molecule has 1 aliphatic heterocycles. The van der Waals surface area contributed by atoms with Gasteiger partial charge in [-0.15, -0.1) is 0 Å². The first-order valence-electron chi connectivity index (χ1n) is 6.39. The van der Waals surface area contributed by atoms with Crippen molar-refractivity contribution in [1.82, 2.24) is 4.98 Å². The summed E-state index contributed by atoms with van der Waals surface area (Å²) in [6, 6.07) is 0. The van der Waals surface area contributed by atoms with Crippen LogP contribution >= 0.6 is 0 Å². The molecular formula is C13H19N3O3. The largest absolute Gasteiger partial charge is 0.381 e. The molecule has 2 rings (SSSR count). The second-order valence-corrected chi connectivity index (χ2v) is 5.27. The maximum absolute atomic E-state index is 11.1. The maximum atomic E-state index is 11.1. The summed E-state index contributed by atoms with van der Waals surface area (Å²) >= 11 is 0. The van der Waals surface area contributed by atoms with Crippen LogP contribution in [0.5, 0.6) is 0 Å². The molecule has 0 aliphatic carbocycles. The molecule has 0 unspecified atom stereocenters. The molecule has 1 aromatic rings. The Kier molecular flexibility index (Phi) is 3.82. The second kappa shape index (κ2) is 5.22. The number of hydrogen-bond acceptors (Lipinski definition) is 5. The number of aromatic nitrogens is 1. The van der Waals surface area contributed by atoms with E-state index < -0.39 is 0 Å². The maximum Gasteiger partial charge on any atom is 0.278 e. The molecule has 1 aliphatic rings. The molecule has 6 heteroatoms. The minimum atomic E-state index is -0.362. The zero-order valence-corrected chi connectivity index (χ0v) is 11.3. The van der Waals surface area contributed by atoms with Gasteiger partial charge in [0, 0.05) is 42.5 Å². The van der Waals surface area contributed by atoms with Gasteiger partial charge in [0.1, 0.15) is 0 Å². The lowest BCUT2D eigenvalue weighted by atomic mass is 9.85. The Labute approximate surface area is 112 Å². The normalized spacial score (nSPS) is 18.3. The molecule has 2 heterocycles. The predicted molar refractivity (Wildman–Crippen MR) is 71.0 cm³/mol. The Bertz CT molecular complexity index is 496. The molecule has 0 aromatic carbocycles. The molecule has 0 saturated carbocycles. The van der Waals surface area contributed by atoms with Crippen LogP contribution in [0.1, 0.15) is 29.7 Å². The zero-order valence-electron chi connectivity index (χ0n) is 11.3. The molecule has 104 valence electrons. The first kappa shape index (κ1) is 13.9. The van der Waals surface area contributed by atoms with Gasteiger partial charge in [-0.25, -0.2) is 0 Å². The van der Waals surface area contributed by atoms with Crippen molar-refractivity contribution >= 4 is 5.69 Å². The van der Waals surface area contributed by atoms with E-state index in [2.05, 4.69) is 4.98 Å². The van der Waals surface area contributed by atoms with E-state index in [0.717, 1.165) is 18.5 Å². The third kappa shape index (κ3) is 2.90. The van der Waals surface area contributed by atoms with Crippen molar-refractivity contribution in [2.24, 2.45) is 5.73 Å². The van der Waals surface area contributed by atoms with Crippen molar-refractivity contribution in [2.75, 3.05) is 13.2 Å². The average Bonchev–Trinajstić information content (AvgIpc) is 2.33. The van der Waals surface area contributed by atoms with E-state index in [1.54, 1.807) is 20.0 Å². The van der Waals surface area contributed by atoms with E-state index >= 15 is 0 Å². The fraction of sp³-hybridized carbons (Fsp3) is 0.615. The monoisotopic (exact) mass is 265 g/mol. The number of aryl methyl sites for hydroxylation is 1. The van der Waals surface area contributed by atoms with Crippen LogP contribution in [0, 0.1) is 24.0 Å². The SMILES string of the molecule is Cc1cnc(CC2(N)CCOCC2)c(C)c1[N+](=O)[O-]. The second-order valence-electron chi connectivity index (χ2n) is 5.27. The molecule has 6 nitrogen and oxygen atoms in total. The summed E-state index contributed by atoms with van der Waals surface area (Å²) in [6.45, 7) is 4.73. The van der Waals surface area contributed by atoms with Crippen LogP contribution in [-0.2, 0) is 11.2 Å². The number of pyridine rings is 1. The van der Waals surface area contributed by atoms with Gasteiger partial charge < -0.3 is 10.5 Å². The van der Waals surface area contributed by atoms with Crippen LogP contribution in [0.3, 0.4) is 0 Å². The van der Waals surface area contributed by atoms with Crippen molar-refractivity contribution in [3.63, 3.8) is 0 Å². The molecule has 0 amide bonds. The Balaban J connectivity index is 2.30. The molecule has 2 N–H and O–H groups in total. The fourth-order valence-electron chi connectivity index (χ4n) is 2.51. The Morgan fingerprint density at radius 1 is 1.47 bits per heavy atom. The van der Waals surface area contributed by atoms with E-state index in [9.17, 15) is 10.1 Å². The van der Waals surface area contributed by atoms with Gasteiger partial charge in [-0.2, -0.15) is 0 Å². The van der Waals surface area contributed by atoms with Crippen LogP contribution in [0.15, 0.2) is 6.20 Å². The van der Waals surface area contributed by atoms with Crippen molar-refractivity contribution in [3.8, 4) is 0 Å². The zero-order chi connectivity index (χ0) is 14.0. The highest BCUT2D eigenvalue weighted by Crippen LogP contribution is 2.28. The molecule has 19 heavy (non-hydrogen) atoms. The third-order valence-electron chi connectivity index (χ3n) is 3.77. The first-order chi connectivity index (χ1) is 8.93. The molecule has 1 aromatic heterocycles. The lowest BCUT2D eigenvalue weighted by molar-refractivity contribution is -0.386. The van der Waals surface area contributed by atoms with Crippen molar-refractivity contribution in [2.45, 2.75) is 38.6 Å². The van der Waals surface area contributed by atoms with Gasteiger partial charge >= 0.3 is 0 Å². The van der Waals surface area contributed by atoms with E-state index in [-0.39, 0.29) is 16.1 Å². The number of ether oxygens (including phenoxy) is 1. The summed E-state index contributed by atoms with van der Waals surface area (Å²) in [5.74, 6) is 0. The smallest absolute Gasteiger partial charge is 0.278 e. The van der Waals surface area contributed by atoms with Gasteiger partial charge in [-0.3, -0.25) is 15.1 Å². The highest BCUT2D eigenvalue weighted by atomic mass is 16.6. The number of nitrogens with zero attached hydrogens (tertiary/aromatic N) is 2. The van der Waals surface area contributed by atoms with Crippen LogP contribution < -0.4 is 5.73 Å². The first-order valence-corrected chi connectivity index (χ1v) is 6.39. The fourth-order valence-corrected chi connectivity index (χ4v) is 2.51. The summed E-state index contributed by atoms with van der Waals surface area (Å²) in [5, 5.41) is 11.1. The standard InChI is InChI=1S/C13H19N3O3/c1-9-8-15-11(10(2)12(9)16(17)18)7-13(14)3-5-19-6-4-13/h8H,3-7,14H2,1-2H3. The Morgan fingerprint density at radius 2 is 2.11 bits per heavy atom. The Hall–Kier alpha value is -1.53. The number of hydrogen-bond donors (Lipinski definition) is 1. The van der Waals surface area contributed by atoms with Gasteiger partial charge in [0.05, 0.1) is 10.6 Å². The Morgan fingerprint density at radius 3 is 2.68 bits per heavy atom. The molecule has 0 spiro atoms. The predicted octanol–water partition coefficient (Wildman–Crippen LogP) is 1.66. The van der Waals surface area contributed by atoms with Crippen molar-refractivity contribution < 1.29 is 9.66 Å². The molecule has 1 fully saturated rings. The number of nitro groups is 1. The van der Waals surface area contributed by atoms with E-state index in [0.29, 0.717) is 30.8 Å². The minimum Gasteiger partial charge on any atom is -0.381 e. The van der Waals surface area contributed by atoms with Crippen molar-refractivity contribution in [1.29, 1.82) is 0 Å². The summed E-state index contributed by atoms with van der Waals surface area (Å²) in [6.07, 6.45) is 3.64. The highest BCUT2D eigenvalue weighted by molar-refractivity contribution is 5.47. The molecule has 1 saturated heterocycles. The van der Waals surface area contributed by atoms with Gasteiger partial charge in [0.15, 0.2) is 0 Å². The highest BCUT2D eigenvalue weighted by Gasteiger charge is 2.31. The number of rotatable bonds is 3.